The minimum Gasteiger partial charge on any atom is -0.449 e. The van der Waals surface area contributed by atoms with Crippen molar-refractivity contribution in [2.45, 2.75) is 20.0 Å². The van der Waals surface area contributed by atoms with Gasteiger partial charge in [0.15, 0.2) is 6.10 Å². The van der Waals surface area contributed by atoms with Crippen molar-refractivity contribution in [2.24, 2.45) is 5.73 Å². The van der Waals surface area contributed by atoms with E-state index in [0.29, 0.717) is 26.6 Å². The summed E-state index contributed by atoms with van der Waals surface area (Å²) in [6.07, 6.45) is -1.11. The van der Waals surface area contributed by atoms with E-state index in [2.05, 4.69) is 5.32 Å². The average Bonchev–Trinajstić information content (AvgIpc) is 3.20. The maximum atomic E-state index is 12.4. The van der Waals surface area contributed by atoms with Gasteiger partial charge in [0.25, 0.3) is 11.8 Å². The van der Waals surface area contributed by atoms with E-state index in [-0.39, 0.29) is 11.3 Å². The minimum atomic E-state index is -1.11. The molecule has 3 rings (SSSR count). The first kappa shape index (κ1) is 18.9. The highest BCUT2D eigenvalue weighted by atomic mass is 35.5. The van der Waals surface area contributed by atoms with Crippen molar-refractivity contribution in [3.05, 3.63) is 51.6 Å². The zero-order valence-corrected chi connectivity index (χ0v) is 15.9. The molecule has 0 fully saturated rings. The second-order valence-electron chi connectivity index (χ2n) is 5.76. The van der Waals surface area contributed by atoms with E-state index >= 15 is 0 Å². The number of furan rings is 1. The molecule has 140 valence electrons. The first-order chi connectivity index (χ1) is 12.8. The van der Waals surface area contributed by atoms with Crippen molar-refractivity contribution >= 4 is 56.7 Å². The Bertz CT molecular complexity index is 1060. The summed E-state index contributed by atoms with van der Waals surface area (Å²) >= 11 is 7.11. The Labute approximate surface area is 163 Å². The summed E-state index contributed by atoms with van der Waals surface area (Å²) in [5.41, 5.74) is 6.49. The van der Waals surface area contributed by atoms with Crippen LogP contribution in [0.15, 0.2) is 34.1 Å². The van der Waals surface area contributed by atoms with E-state index in [4.69, 9.17) is 26.5 Å². The number of nitrogens with one attached hydrogen (secondary N) is 1. The van der Waals surface area contributed by atoms with Crippen molar-refractivity contribution in [3.8, 4) is 0 Å². The average molecular weight is 407 g/mol. The lowest BCUT2D eigenvalue weighted by molar-refractivity contribution is -0.123. The normalized spacial score (nSPS) is 12.0. The summed E-state index contributed by atoms with van der Waals surface area (Å²) in [6, 6.07) is 6.49. The van der Waals surface area contributed by atoms with Gasteiger partial charge >= 0.3 is 5.97 Å². The largest absolute Gasteiger partial charge is 0.449 e. The van der Waals surface area contributed by atoms with Gasteiger partial charge in [-0.1, -0.05) is 11.6 Å². The number of ether oxygens (including phenoxy) is 1. The number of anilines is 1. The SMILES string of the molecule is Cc1c(C(=O)O[C@@H](C)C(=O)Nc2sccc2C(N)=O)oc2ccc(Cl)cc12. The topological polar surface area (TPSA) is 112 Å². The van der Waals surface area contributed by atoms with Gasteiger partial charge in [-0.25, -0.2) is 4.79 Å². The van der Waals surface area contributed by atoms with E-state index < -0.39 is 23.9 Å². The van der Waals surface area contributed by atoms with Crippen molar-refractivity contribution in [1.82, 2.24) is 0 Å². The van der Waals surface area contributed by atoms with E-state index in [1.165, 1.54) is 13.0 Å². The Hall–Kier alpha value is -2.84. The summed E-state index contributed by atoms with van der Waals surface area (Å²) in [7, 11) is 0. The van der Waals surface area contributed by atoms with Crippen molar-refractivity contribution < 1.29 is 23.5 Å². The molecule has 0 aliphatic carbocycles. The number of aryl methyl sites for hydroxylation is 1. The van der Waals surface area contributed by atoms with Crippen LogP contribution in [0.25, 0.3) is 11.0 Å². The molecule has 2 amide bonds. The van der Waals surface area contributed by atoms with Crippen LogP contribution >= 0.6 is 22.9 Å². The standard InChI is InChI=1S/C18H15ClN2O5S/c1-8-12-7-10(19)3-4-13(12)26-14(8)18(24)25-9(2)16(23)21-17-11(15(20)22)5-6-27-17/h3-7,9H,1-2H3,(H2,20,22)(H,21,23)/t9-/m0/s1. The summed E-state index contributed by atoms with van der Waals surface area (Å²) < 4.78 is 10.7. The van der Waals surface area contributed by atoms with Gasteiger partial charge < -0.3 is 20.2 Å². The highest BCUT2D eigenvalue weighted by molar-refractivity contribution is 7.14. The van der Waals surface area contributed by atoms with Crippen LogP contribution in [0, 0.1) is 6.92 Å². The van der Waals surface area contributed by atoms with Crippen LogP contribution in [0.5, 0.6) is 0 Å². The molecule has 2 aromatic heterocycles. The maximum absolute atomic E-state index is 12.4. The van der Waals surface area contributed by atoms with Gasteiger partial charge in [0.1, 0.15) is 10.6 Å². The Kier molecular flexibility index (Phi) is 5.20. The molecule has 2 heterocycles. The number of carbonyl (C=O) groups excluding carboxylic acids is 3. The van der Waals surface area contributed by atoms with Crippen LogP contribution < -0.4 is 11.1 Å². The molecule has 7 nitrogen and oxygen atoms in total. The molecule has 1 aromatic carbocycles. The van der Waals surface area contributed by atoms with E-state index in [1.807, 2.05) is 0 Å². The maximum Gasteiger partial charge on any atom is 0.375 e. The highest BCUT2D eigenvalue weighted by Crippen LogP contribution is 2.29. The van der Waals surface area contributed by atoms with Gasteiger partial charge in [0, 0.05) is 16.0 Å². The summed E-state index contributed by atoms with van der Waals surface area (Å²) in [5.74, 6) is -2.03. The Balaban J connectivity index is 1.73. The number of hydrogen-bond acceptors (Lipinski definition) is 6. The van der Waals surface area contributed by atoms with E-state index in [1.54, 1.807) is 30.5 Å². The Morgan fingerprint density at radius 3 is 2.74 bits per heavy atom. The molecule has 9 heteroatoms. The van der Waals surface area contributed by atoms with Crippen LogP contribution in [0.3, 0.4) is 0 Å². The number of rotatable bonds is 5. The van der Waals surface area contributed by atoms with Gasteiger partial charge in [-0.3, -0.25) is 9.59 Å². The van der Waals surface area contributed by atoms with E-state index in [9.17, 15) is 14.4 Å². The third-order valence-corrected chi connectivity index (χ3v) is 4.97. The number of amides is 2. The van der Waals surface area contributed by atoms with Crippen molar-refractivity contribution in [3.63, 3.8) is 0 Å². The summed E-state index contributed by atoms with van der Waals surface area (Å²) in [6.45, 7) is 3.12. The lowest BCUT2D eigenvalue weighted by atomic mass is 10.1. The zero-order chi connectivity index (χ0) is 19.7. The number of hydrogen-bond donors (Lipinski definition) is 2. The zero-order valence-electron chi connectivity index (χ0n) is 14.4. The second-order valence-corrected chi connectivity index (χ2v) is 7.11. The number of benzene rings is 1. The predicted octanol–water partition coefficient (Wildman–Crippen LogP) is 3.74. The van der Waals surface area contributed by atoms with Gasteiger partial charge in [0.05, 0.1) is 5.56 Å². The highest BCUT2D eigenvalue weighted by Gasteiger charge is 2.25. The van der Waals surface area contributed by atoms with Crippen LogP contribution in [0.1, 0.15) is 33.4 Å². The van der Waals surface area contributed by atoms with Crippen LogP contribution in [-0.4, -0.2) is 23.9 Å². The second kappa shape index (κ2) is 7.42. The number of carbonyl (C=O) groups is 3. The van der Waals surface area contributed by atoms with E-state index in [0.717, 1.165) is 11.3 Å². The summed E-state index contributed by atoms with van der Waals surface area (Å²) in [4.78, 5) is 36.0. The molecule has 0 unspecified atom stereocenters. The third kappa shape index (κ3) is 3.81. The molecule has 1 atom stereocenters. The van der Waals surface area contributed by atoms with Crippen LogP contribution in [-0.2, 0) is 9.53 Å². The van der Waals surface area contributed by atoms with Gasteiger partial charge in [0.2, 0.25) is 5.76 Å². The molecule has 0 radical (unpaired) electrons. The smallest absolute Gasteiger partial charge is 0.375 e. The fourth-order valence-corrected chi connectivity index (χ4v) is 3.44. The first-order valence-corrected chi connectivity index (χ1v) is 9.11. The molecule has 0 aliphatic heterocycles. The fourth-order valence-electron chi connectivity index (χ4n) is 2.47. The molecule has 3 aromatic rings. The molecule has 27 heavy (non-hydrogen) atoms. The van der Waals surface area contributed by atoms with Gasteiger partial charge in [-0.05, 0) is 43.5 Å². The minimum absolute atomic E-state index is 0.000801. The summed E-state index contributed by atoms with van der Waals surface area (Å²) in [5, 5.41) is 5.65. The monoisotopic (exact) mass is 406 g/mol. The van der Waals surface area contributed by atoms with Gasteiger partial charge in [-0.15, -0.1) is 11.3 Å². The van der Waals surface area contributed by atoms with Gasteiger partial charge in [-0.2, -0.15) is 0 Å². The molecular weight excluding hydrogens is 392 g/mol. The molecule has 0 saturated heterocycles. The number of fused-ring (bicyclic) bond motifs is 1. The van der Waals surface area contributed by atoms with Crippen molar-refractivity contribution in [1.29, 1.82) is 0 Å². The fraction of sp³-hybridized carbons (Fsp3) is 0.167. The lowest BCUT2D eigenvalue weighted by Crippen LogP contribution is -2.30. The quantitative estimate of drug-likeness (QED) is 0.627. The number of esters is 1. The number of thiophene rings is 1. The lowest BCUT2D eigenvalue weighted by Gasteiger charge is -2.12. The first-order valence-electron chi connectivity index (χ1n) is 7.85. The molecule has 0 aliphatic rings. The van der Waals surface area contributed by atoms with Crippen LogP contribution in [0.2, 0.25) is 5.02 Å². The molecule has 0 spiro atoms. The molecule has 3 N–H and O–H groups in total. The predicted molar refractivity (Wildman–Crippen MR) is 102 cm³/mol. The molecule has 0 bridgehead atoms. The Morgan fingerprint density at radius 2 is 2.04 bits per heavy atom. The van der Waals surface area contributed by atoms with Crippen molar-refractivity contribution in [2.75, 3.05) is 5.32 Å². The molecule has 0 saturated carbocycles. The van der Waals surface area contributed by atoms with Crippen LogP contribution in [0.4, 0.5) is 5.00 Å². The third-order valence-electron chi connectivity index (χ3n) is 3.90. The number of halogens is 1. The Morgan fingerprint density at radius 1 is 1.30 bits per heavy atom. The number of nitrogens with two attached hydrogens (primary N) is 1. The number of primary amides is 1. The molecular formula is C18H15ClN2O5S.